The van der Waals surface area contributed by atoms with Gasteiger partial charge in [0.2, 0.25) is 0 Å². The van der Waals surface area contributed by atoms with Gasteiger partial charge in [0.05, 0.1) is 26.2 Å². The number of rotatable bonds is 3. The van der Waals surface area contributed by atoms with Crippen LogP contribution in [0.1, 0.15) is 18.0 Å². The molecule has 0 aliphatic heterocycles. The van der Waals surface area contributed by atoms with Crippen molar-refractivity contribution < 1.29 is 0 Å². The molecule has 0 spiro atoms. The zero-order valence-electron chi connectivity index (χ0n) is 12.9. The predicted octanol–water partition coefficient (Wildman–Crippen LogP) is 4.13. The Kier molecular flexibility index (Phi) is 4.15. The van der Waals surface area contributed by atoms with Crippen LogP contribution >= 0.6 is 35.0 Å². The molecule has 0 bridgehead atoms. The highest BCUT2D eigenvalue weighted by atomic mass is 35.5. The molecule has 0 saturated carbocycles. The van der Waals surface area contributed by atoms with E-state index in [-0.39, 0.29) is 10.8 Å². The molecule has 0 aliphatic rings. The number of thioether (sulfide) groups is 1. The van der Waals surface area contributed by atoms with E-state index in [4.69, 9.17) is 23.2 Å². The van der Waals surface area contributed by atoms with Crippen molar-refractivity contribution in [2.45, 2.75) is 17.3 Å². The monoisotopic (exact) mass is 391 g/mol. The first-order chi connectivity index (χ1) is 12.0. The summed E-state index contributed by atoms with van der Waals surface area (Å²) in [4.78, 5) is 19.6. The van der Waals surface area contributed by atoms with Gasteiger partial charge >= 0.3 is 0 Å². The summed E-state index contributed by atoms with van der Waals surface area (Å²) in [6.07, 6.45) is 1.70. The fourth-order valence-electron chi connectivity index (χ4n) is 2.49. The number of nitrogens with one attached hydrogen (secondary N) is 1. The van der Waals surface area contributed by atoms with Crippen molar-refractivity contribution in [1.82, 2.24) is 24.6 Å². The minimum atomic E-state index is -0.162. The van der Waals surface area contributed by atoms with Crippen LogP contribution in [0.3, 0.4) is 0 Å². The summed E-state index contributed by atoms with van der Waals surface area (Å²) < 4.78 is 1.73. The number of hydrogen-bond acceptors (Lipinski definition) is 5. The van der Waals surface area contributed by atoms with Gasteiger partial charge in [-0.3, -0.25) is 9.20 Å². The van der Waals surface area contributed by atoms with Gasteiger partial charge in [0, 0.05) is 6.20 Å². The fourth-order valence-corrected chi connectivity index (χ4v) is 3.88. The van der Waals surface area contributed by atoms with Crippen LogP contribution in [-0.4, -0.2) is 24.6 Å². The predicted molar refractivity (Wildman–Crippen MR) is 99.6 cm³/mol. The minimum Gasteiger partial charge on any atom is -0.309 e. The summed E-state index contributed by atoms with van der Waals surface area (Å²) in [6.45, 7) is 1.94. The van der Waals surface area contributed by atoms with Gasteiger partial charge in [-0.05, 0) is 25.1 Å². The number of halogens is 2. The molecular weight excluding hydrogens is 381 g/mol. The molecule has 3 heterocycles. The number of para-hydroxylation sites is 1. The van der Waals surface area contributed by atoms with E-state index >= 15 is 0 Å². The Hall–Kier alpha value is -2.09. The van der Waals surface area contributed by atoms with Crippen LogP contribution in [0.4, 0.5) is 0 Å². The number of H-pyrrole nitrogens is 1. The highest BCUT2D eigenvalue weighted by Crippen LogP contribution is 2.33. The second-order valence-corrected chi connectivity index (χ2v) is 7.56. The van der Waals surface area contributed by atoms with Gasteiger partial charge in [-0.25, -0.2) is 4.98 Å². The van der Waals surface area contributed by atoms with E-state index in [1.165, 1.54) is 11.8 Å². The molecule has 1 unspecified atom stereocenters. The molecule has 9 heteroatoms. The third-order valence-corrected chi connectivity index (χ3v) is 5.24. The summed E-state index contributed by atoms with van der Waals surface area (Å²) in [7, 11) is 0. The van der Waals surface area contributed by atoms with Crippen molar-refractivity contribution in [1.29, 1.82) is 0 Å². The number of pyridine rings is 1. The summed E-state index contributed by atoms with van der Waals surface area (Å²) in [5, 5.41) is 10.2. The molecule has 0 aliphatic carbocycles. The van der Waals surface area contributed by atoms with Crippen LogP contribution in [0.2, 0.25) is 10.0 Å². The number of nitrogens with zero attached hydrogens (tertiary/aromatic N) is 4. The maximum absolute atomic E-state index is 12.2. The van der Waals surface area contributed by atoms with E-state index in [1.54, 1.807) is 22.7 Å². The molecule has 4 aromatic rings. The Morgan fingerprint density at radius 3 is 2.88 bits per heavy atom. The largest absolute Gasteiger partial charge is 0.309 e. The van der Waals surface area contributed by atoms with Gasteiger partial charge in [-0.1, -0.05) is 47.1 Å². The van der Waals surface area contributed by atoms with Gasteiger partial charge in [-0.2, -0.15) is 0 Å². The Labute approximate surface area is 156 Å². The molecule has 6 nitrogen and oxygen atoms in total. The summed E-state index contributed by atoms with van der Waals surface area (Å²) >= 11 is 13.6. The lowest BCUT2D eigenvalue weighted by Gasteiger charge is -2.10. The second kappa shape index (κ2) is 6.33. The van der Waals surface area contributed by atoms with Crippen molar-refractivity contribution in [3.63, 3.8) is 0 Å². The van der Waals surface area contributed by atoms with E-state index < -0.39 is 0 Å². The normalized spacial score (nSPS) is 12.8. The molecule has 0 radical (unpaired) electrons. The molecule has 1 N–H and O–H groups in total. The Morgan fingerprint density at radius 1 is 1.24 bits per heavy atom. The molecule has 0 amide bonds. The first-order valence-corrected chi connectivity index (χ1v) is 9.02. The molecule has 1 aromatic carbocycles. The van der Waals surface area contributed by atoms with Gasteiger partial charge in [0.25, 0.3) is 5.56 Å². The molecule has 126 valence electrons. The highest BCUT2D eigenvalue weighted by Gasteiger charge is 2.17. The average Bonchev–Trinajstić information content (AvgIpc) is 2.98. The van der Waals surface area contributed by atoms with Crippen LogP contribution in [0.5, 0.6) is 0 Å². The van der Waals surface area contributed by atoms with E-state index in [9.17, 15) is 4.79 Å². The van der Waals surface area contributed by atoms with Crippen molar-refractivity contribution in [2.75, 3.05) is 0 Å². The van der Waals surface area contributed by atoms with Crippen molar-refractivity contribution >= 4 is 51.5 Å². The zero-order valence-corrected chi connectivity index (χ0v) is 15.2. The standard InChI is InChI=1S/C16H11Cl2N5OS/c1-8(13-19-12-5-3-2-4-10(12)15(24)20-13)25-16-22-21-14-11(18)6-9(17)7-23(14)16/h2-8H,1H3,(H,19,20,24). The van der Waals surface area contributed by atoms with Crippen molar-refractivity contribution in [3.05, 3.63) is 62.8 Å². The third kappa shape index (κ3) is 2.99. The third-order valence-electron chi connectivity index (χ3n) is 3.69. The van der Waals surface area contributed by atoms with Crippen molar-refractivity contribution in [3.8, 4) is 0 Å². The van der Waals surface area contributed by atoms with Gasteiger partial charge in [0.15, 0.2) is 10.8 Å². The van der Waals surface area contributed by atoms with Gasteiger partial charge in [0.1, 0.15) is 5.82 Å². The lowest BCUT2D eigenvalue weighted by atomic mass is 10.2. The van der Waals surface area contributed by atoms with Crippen molar-refractivity contribution in [2.24, 2.45) is 0 Å². The van der Waals surface area contributed by atoms with Crippen LogP contribution in [0, 0.1) is 0 Å². The number of benzene rings is 1. The average molecular weight is 392 g/mol. The molecule has 4 rings (SSSR count). The maximum Gasteiger partial charge on any atom is 0.258 e. The lowest BCUT2D eigenvalue weighted by Crippen LogP contribution is -2.12. The topological polar surface area (TPSA) is 75.9 Å². The van der Waals surface area contributed by atoms with Crippen LogP contribution in [0.25, 0.3) is 16.6 Å². The molecule has 1 atom stereocenters. The second-order valence-electron chi connectivity index (χ2n) is 5.41. The summed E-state index contributed by atoms with van der Waals surface area (Å²) in [6, 6.07) is 8.85. The summed E-state index contributed by atoms with van der Waals surface area (Å²) in [5.41, 5.74) is 1.02. The van der Waals surface area contributed by atoms with Crippen LogP contribution in [-0.2, 0) is 0 Å². The van der Waals surface area contributed by atoms with Crippen LogP contribution < -0.4 is 5.56 Å². The van der Waals surface area contributed by atoms with Crippen LogP contribution in [0.15, 0.2) is 46.5 Å². The van der Waals surface area contributed by atoms with Gasteiger partial charge in [-0.15, -0.1) is 10.2 Å². The highest BCUT2D eigenvalue weighted by molar-refractivity contribution is 7.99. The lowest BCUT2D eigenvalue weighted by molar-refractivity contribution is 0.883. The molecule has 25 heavy (non-hydrogen) atoms. The van der Waals surface area contributed by atoms with E-state index in [1.807, 2.05) is 25.1 Å². The number of aromatic amines is 1. The first kappa shape index (κ1) is 16.4. The Morgan fingerprint density at radius 2 is 2.04 bits per heavy atom. The van der Waals surface area contributed by atoms with Gasteiger partial charge < -0.3 is 4.98 Å². The summed E-state index contributed by atoms with van der Waals surface area (Å²) in [5.74, 6) is 0.568. The fraction of sp³-hybridized carbons (Fsp3) is 0.125. The van der Waals surface area contributed by atoms with E-state index in [2.05, 4.69) is 20.2 Å². The number of hydrogen-bond donors (Lipinski definition) is 1. The molecular formula is C16H11Cl2N5OS. The quantitative estimate of drug-likeness (QED) is 0.531. The molecule has 0 fully saturated rings. The first-order valence-electron chi connectivity index (χ1n) is 7.38. The van der Waals surface area contributed by atoms with E-state index in [0.717, 1.165) is 0 Å². The molecule has 3 aromatic heterocycles. The minimum absolute atomic E-state index is 0.150. The van der Waals surface area contributed by atoms with E-state index in [0.29, 0.717) is 37.6 Å². The number of fused-ring (bicyclic) bond motifs is 2. The molecule has 0 saturated heterocycles. The maximum atomic E-state index is 12.2. The smallest absolute Gasteiger partial charge is 0.258 e. The number of aromatic nitrogens is 5. The Bertz CT molecular complexity index is 1160. The Balaban J connectivity index is 1.73. The SMILES string of the molecule is CC(Sc1nnc2c(Cl)cc(Cl)cn12)c1nc2ccccc2c(=O)[nH]1. The zero-order chi connectivity index (χ0) is 17.6.